The third-order valence-electron chi connectivity index (χ3n) is 19.8. The van der Waals surface area contributed by atoms with E-state index in [-0.39, 0.29) is 46.1 Å². The van der Waals surface area contributed by atoms with Crippen LogP contribution in [0.2, 0.25) is 0 Å². The van der Waals surface area contributed by atoms with Crippen molar-refractivity contribution in [1.29, 1.82) is 0 Å². The highest BCUT2D eigenvalue weighted by molar-refractivity contribution is 7.22. The largest absolute Gasteiger partial charge is 0.508 e. The number of aryl methyl sites for hydroxylation is 8. The van der Waals surface area contributed by atoms with E-state index in [0.29, 0.717) is 114 Å². The molecule has 0 radical (unpaired) electrons. The number of benzene rings is 12. The number of phenols is 4. The Kier molecular flexibility index (Phi) is 29.4. The van der Waals surface area contributed by atoms with Crippen molar-refractivity contribution in [1.82, 2.24) is 0 Å². The average molecular weight is 1780 g/mol. The van der Waals surface area contributed by atoms with Crippen LogP contribution >= 0.6 is 45.3 Å². The number of ketones is 4. The standard InChI is InChI=1S/4C26H20O5S/c1-16-3-9-21(17(2)13-16)24(29)26-25(22-10-6-19(28)14-23(22)32-26)31-20-7-4-18(5-8-20)11-12-30-15-27;1-16-11-17(2)13-19(12-16)24(29)26-25(22-8-5-20(28)14-23(22)32-26)31-21-6-3-18(4-7-21)9-10-30-15-27;1-16-3-4-17(2)22(13-16)24(29)26-25(21-10-7-19(28)14-23(21)32-26)31-20-8-5-18(6-9-20)11-12-30-15-27;1-16-4-3-5-17(2)23(16)24(29)26-25(21-11-8-19(28)14-22(21)32-26)31-20-9-6-18(7-10-20)12-13-30-15-27/h4*3-15,28H,1-2H3/b12-11+;10-9+;12-11+;13-12+. The Balaban J connectivity index is 0.000000146. The first-order valence-corrected chi connectivity index (χ1v) is 42.7. The number of aromatic hydroxyl groups is 4. The van der Waals surface area contributed by atoms with E-state index >= 15 is 0 Å². The molecule has 0 aliphatic heterocycles. The van der Waals surface area contributed by atoms with Crippen molar-refractivity contribution >= 4 is 159 Å². The first-order valence-electron chi connectivity index (χ1n) is 39.5. The predicted octanol–water partition coefficient (Wildman–Crippen LogP) is 25.6. The van der Waals surface area contributed by atoms with Crippen LogP contribution in [0.5, 0.6) is 69.0 Å². The molecular formula is C104H80O20S4. The number of thiophene rings is 4. The van der Waals surface area contributed by atoms with E-state index < -0.39 is 0 Å². The third kappa shape index (κ3) is 22.1. The number of hydrogen-bond acceptors (Lipinski definition) is 24. The van der Waals surface area contributed by atoms with Gasteiger partial charge in [-0.15, -0.1) is 45.3 Å². The Morgan fingerprint density at radius 3 is 0.906 bits per heavy atom. The molecule has 0 atom stereocenters. The minimum Gasteiger partial charge on any atom is -0.508 e. The monoisotopic (exact) mass is 1780 g/mol. The fourth-order valence-electron chi connectivity index (χ4n) is 13.7. The normalized spacial score (nSPS) is 11.1. The first-order chi connectivity index (χ1) is 61.8. The van der Waals surface area contributed by atoms with Crippen molar-refractivity contribution in [2.75, 3.05) is 0 Å². The molecule has 0 saturated carbocycles. The van der Waals surface area contributed by atoms with E-state index in [1.54, 1.807) is 146 Å². The Bertz CT molecular complexity index is 6960. The molecule has 0 saturated heterocycles. The van der Waals surface area contributed by atoms with E-state index in [4.69, 9.17) is 18.9 Å². The Hall–Kier alpha value is -15.6. The quantitative estimate of drug-likeness (QED) is 0.0153. The van der Waals surface area contributed by atoms with Gasteiger partial charge in [-0.05, 0) is 264 Å². The Morgan fingerprint density at radius 2 is 0.578 bits per heavy atom. The van der Waals surface area contributed by atoms with Gasteiger partial charge in [0.25, 0.3) is 25.9 Å². The molecule has 4 heterocycles. The molecule has 0 bridgehead atoms. The second-order valence-corrected chi connectivity index (χ2v) is 33.4. The molecule has 128 heavy (non-hydrogen) atoms. The van der Waals surface area contributed by atoms with E-state index in [0.717, 1.165) is 107 Å². The van der Waals surface area contributed by atoms with Gasteiger partial charge in [0.2, 0.25) is 23.1 Å². The van der Waals surface area contributed by atoms with Gasteiger partial charge in [-0.25, -0.2) is 0 Å². The van der Waals surface area contributed by atoms with E-state index in [1.807, 2.05) is 177 Å². The minimum atomic E-state index is -0.127. The van der Waals surface area contributed by atoms with E-state index in [2.05, 4.69) is 18.9 Å². The van der Waals surface area contributed by atoms with Gasteiger partial charge in [0.05, 0.1) is 25.0 Å². The molecule has 0 fully saturated rings. The number of phenolic OH excluding ortho intramolecular Hbond substituents is 4. The van der Waals surface area contributed by atoms with Gasteiger partial charge in [-0.1, -0.05) is 125 Å². The molecule has 12 aromatic carbocycles. The van der Waals surface area contributed by atoms with Crippen LogP contribution in [-0.4, -0.2) is 69.4 Å². The van der Waals surface area contributed by atoms with Gasteiger partial charge in [0.1, 0.15) is 65.5 Å². The molecule has 4 N–H and O–H groups in total. The topological polar surface area (TPSA) is 291 Å². The SMILES string of the molecule is Cc1cc(C)cc(C(=O)c2sc3cc(O)ccc3c2Oc2ccc(/C=C/OC=O)cc2)c1.Cc1ccc(C(=O)c2sc3cc(O)ccc3c2Oc2ccc(/C=C/OC=O)cc2)c(C)c1.Cc1ccc(C)c(C(=O)c2sc3cc(O)ccc3c2Oc2ccc(/C=C/OC=O)cc2)c1.Cc1cccc(C)c1C(=O)c1sc2cc(O)ccc2c1Oc1ccc(/C=C/OC=O)cc1. The summed E-state index contributed by atoms with van der Waals surface area (Å²) in [6.07, 6.45) is 11.8. The zero-order valence-corrected chi connectivity index (χ0v) is 73.2. The van der Waals surface area contributed by atoms with Crippen molar-refractivity contribution in [3.8, 4) is 69.0 Å². The fourth-order valence-corrected chi connectivity index (χ4v) is 18.2. The van der Waals surface area contributed by atoms with Crippen LogP contribution < -0.4 is 18.9 Å². The highest BCUT2D eigenvalue weighted by atomic mass is 32.1. The molecule has 0 unspecified atom stereocenters. The smallest absolute Gasteiger partial charge is 0.297 e. The lowest BCUT2D eigenvalue weighted by atomic mass is 9.98. The Morgan fingerprint density at radius 1 is 0.273 bits per heavy atom. The van der Waals surface area contributed by atoms with Crippen molar-refractivity contribution in [3.63, 3.8) is 0 Å². The van der Waals surface area contributed by atoms with Crippen LogP contribution in [0.15, 0.2) is 268 Å². The second-order valence-electron chi connectivity index (χ2n) is 29.2. The number of ether oxygens (including phenoxy) is 8. The number of carbonyl (C=O) groups excluding carboxylic acids is 8. The molecule has 0 aliphatic carbocycles. The van der Waals surface area contributed by atoms with Gasteiger partial charge < -0.3 is 58.3 Å². The fraction of sp³-hybridized carbons (Fsp3) is 0.0769. The average Bonchev–Trinajstić information content (AvgIpc) is 1.64. The van der Waals surface area contributed by atoms with Crippen LogP contribution in [0.3, 0.4) is 0 Å². The summed E-state index contributed by atoms with van der Waals surface area (Å²) in [6, 6.07) is 71.6. The van der Waals surface area contributed by atoms with Crippen LogP contribution in [0.4, 0.5) is 0 Å². The van der Waals surface area contributed by atoms with E-state index in [9.17, 15) is 58.8 Å². The molecule has 16 aromatic rings. The van der Waals surface area contributed by atoms with Crippen LogP contribution in [-0.2, 0) is 38.1 Å². The minimum absolute atomic E-state index is 0.109. The predicted molar refractivity (Wildman–Crippen MR) is 502 cm³/mol. The van der Waals surface area contributed by atoms with Crippen LogP contribution in [0, 0.1) is 55.4 Å². The summed E-state index contributed by atoms with van der Waals surface area (Å²) in [5.41, 5.74) is 13.5. The molecule has 24 heteroatoms. The van der Waals surface area contributed by atoms with Gasteiger partial charge >= 0.3 is 0 Å². The van der Waals surface area contributed by atoms with Crippen molar-refractivity contribution in [2.45, 2.75) is 55.4 Å². The van der Waals surface area contributed by atoms with Gasteiger partial charge in [-0.2, -0.15) is 0 Å². The van der Waals surface area contributed by atoms with Crippen molar-refractivity contribution in [3.05, 3.63) is 376 Å². The molecule has 0 spiro atoms. The number of hydrogen-bond donors (Lipinski definition) is 4. The van der Waals surface area contributed by atoms with Crippen LogP contribution in [0.25, 0.3) is 64.6 Å². The van der Waals surface area contributed by atoms with Crippen LogP contribution in [0.1, 0.15) is 128 Å². The third-order valence-corrected chi connectivity index (χ3v) is 24.3. The lowest BCUT2D eigenvalue weighted by Gasteiger charge is -2.11. The highest BCUT2D eigenvalue weighted by Crippen LogP contribution is 2.48. The van der Waals surface area contributed by atoms with Gasteiger partial charge in [0.15, 0.2) is 23.0 Å². The zero-order chi connectivity index (χ0) is 90.7. The maximum Gasteiger partial charge on any atom is 0.297 e. The molecule has 4 aromatic heterocycles. The molecular weight excluding hydrogens is 1700 g/mol. The molecule has 0 aliphatic rings. The lowest BCUT2D eigenvalue weighted by Crippen LogP contribution is -2.05. The summed E-state index contributed by atoms with van der Waals surface area (Å²) in [5.74, 6) is 4.11. The molecule has 20 nitrogen and oxygen atoms in total. The van der Waals surface area contributed by atoms with Crippen molar-refractivity contribution in [2.24, 2.45) is 0 Å². The maximum absolute atomic E-state index is 13.6. The summed E-state index contributed by atoms with van der Waals surface area (Å²) in [4.78, 5) is 96.9. The summed E-state index contributed by atoms with van der Waals surface area (Å²) in [5, 5.41) is 42.7. The van der Waals surface area contributed by atoms with Gasteiger partial charge in [-0.3, -0.25) is 38.4 Å². The Labute approximate surface area is 751 Å². The summed E-state index contributed by atoms with van der Waals surface area (Å²) in [6.45, 7) is 16.9. The zero-order valence-electron chi connectivity index (χ0n) is 70.0. The first kappa shape index (κ1) is 90.1. The van der Waals surface area contributed by atoms with Crippen molar-refractivity contribution < 1.29 is 96.7 Å². The number of fused-ring (bicyclic) bond motifs is 4. The summed E-state index contributed by atoms with van der Waals surface area (Å²) in [7, 11) is 0. The lowest BCUT2D eigenvalue weighted by molar-refractivity contribution is -0.124. The summed E-state index contributed by atoms with van der Waals surface area (Å²) < 4.78 is 46.1. The summed E-state index contributed by atoms with van der Waals surface area (Å²) >= 11 is 5.18. The molecule has 0 amide bonds. The maximum atomic E-state index is 13.6. The molecule has 640 valence electrons. The molecule has 16 rings (SSSR count). The van der Waals surface area contributed by atoms with E-state index in [1.165, 1.54) is 70.4 Å². The highest BCUT2D eigenvalue weighted by Gasteiger charge is 2.29. The number of carbonyl (C=O) groups is 8. The second kappa shape index (κ2) is 41.7. The van der Waals surface area contributed by atoms with Gasteiger partial charge in [0, 0.05) is 62.6 Å². The number of rotatable bonds is 28.